The summed E-state index contributed by atoms with van der Waals surface area (Å²) < 4.78 is 11.6. The summed E-state index contributed by atoms with van der Waals surface area (Å²) in [5.74, 6) is -0.333. The maximum atomic E-state index is 13.3. The number of fused-ring (bicyclic) bond motifs is 2. The lowest BCUT2D eigenvalue weighted by atomic mass is 9.37. The minimum Gasteiger partial charge on any atom is -0.469 e. The van der Waals surface area contributed by atoms with Gasteiger partial charge in [-0.1, -0.05) is 38.5 Å². The first-order valence-corrected chi connectivity index (χ1v) is 12.6. The maximum absolute atomic E-state index is 13.3. The SMILES string of the molecule is COC(=O)[C@]1(C)CCC[C@@]2(C)[C@H]1[C@H](OC(=O)c1ccccc1)CC1C[C@H](O)[C@]3(C)CC[C@]12C3. The van der Waals surface area contributed by atoms with Gasteiger partial charge in [-0.25, -0.2) is 4.79 Å². The molecule has 5 rings (SSSR count). The van der Waals surface area contributed by atoms with Crippen molar-refractivity contribution in [3.8, 4) is 0 Å². The lowest BCUT2D eigenvalue weighted by molar-refractivity contribution is -0.234. The van der Waals surface area contributed by atoms with Gasteiger partial charge in [0.1, 0.15) is 6.10 Å². The van der Waals surface area contributed by atoms with Gasteiger partial charge in [0, 0.05) is 5.92 Å². The van der Waals surface area contributed by atoms with Gasteiger partial charge in [0.15, 0.2) is 0 Å². The van der Waals surface area contributed by atoms with Gasteiger partial charge >= 0.3 is 11.9 Å². The second-order valence-corrected chi connectivity index (χ2v) is 12.1. The molecule has 0 aliphatic heterocycles. The summed E-state index contributed by atoms with van der Waals surface area (Å²) in [4.78, 5) is 26.4. The first-order chi connectivity index (χ1) is 15.6. The Morgan fingerprint density at radius 1 is 1.00 bits per heavy atom. The first kappa shape index (κ1) is 22.9. The molecule has 5 heteroatoms. The summed E-state index contributed by atoms with van der Waals surface area (Å²) in [5.41, 5.74) is -0.310. The predicted molar refractivity (Wildman–Crippen MR) is 124 cm³/mol. The van der Waals surface area contributed by atoms with Crippen LogP contribution >= 0.6 is 0 Å². The highest BCUT2D eigenvalue weighted by Crippen LogP contribution is 2.76. The molecule has 0 saturated heterocycles. The highest BCUT2D eigenvalue weighted by molar-refractivity contribution is 5.89. The molecule has 4 saturated carbocycles. The third-order valence-corrected chi connectivity index (χ3v) is 10.7. The highest BCUT2D eigenvalue weighted by Gasteiger charge is 2.73. The Labute approximate surface area is 197 Å². The van der Waals surface area contributed by atoms with Crippen LogP contribution in [-0.2, 0) is 14.3 Å². The molecule has 2 bridgehead atoms. The van der Waals surface area contributed by atoms with E-state index >= 15 is 0 Å². The Morgan fingerprint density at radius 3 is 2.42 bits per heavy atom. The number of hydrogen-bond acceptors (Lipinski definition) is 5. The van der Waals surface area contributed by atoms with Crippen LogP contribution in [0.2, 0.25) is 0 Å². The van der Waals surface area contributed by atoms with Crippen LogP contribution in [0.4, 0.5) is 0 Å². The Morgan fingerprint density at radius 2 is 1.73 bits per heavy atom. The van der Waals surface area contributed by atoms with Crippen LogP contribution in [-0.4, -0.2) is 36.4 Å². The fourth-order valence-corrected chi connectivity index (χ4v) is 9.08. The van der Waals surface area contributed by atoms with Crippen molar-refractivity contribution in [1.29, 1.82) is 0 Å². The van der Waals surface area contributed by atoms with Gasteiger partial charge in [-0.3, -0.25) is 4.79 Å². The van der Waals surface area contributed by atoms with Gasteiger partial charge in [-0.15, -0.1) is 0 Å². The monoisotopic (exact) mass is 454 g/mol. The molecule has 0 amide bonds. The van der Waals surface area contributed by atoms with E-state index in [1.165, 1.54) is 7.11 Å². The van der Waals surface area contributed by atoms with Crippen LogP contribution in [0.1, 0.15) is 82.5 Å². The van der Waals surface area contributed by atoms with Gasteiger partial charge in [0.25, 0.3) is 0 Å². The van der Waals surface area contributed by atoms with E-state index in [4.69, 9.17) is 9.47 Å². The van der Waals surface area contributed by atoms with E-state index in [1.54, 1.807) is 12.1 Å². The molecule has 0 aromatic heterocycles. The molecule has 4 aliphatic carbocycles. The number of hydrogen-bond donors (Lipinski definition) is 1. The van der Waals surface area contributed by atoms with Crippen molar-refractivity contribution in [3.63, 3.8) is 0 Å². The summed E-state index contributed by atoms with van der Waals surface area (Å²) >= 11 is 0. The Kier molecular flexibility index (Phi) is 5.24. The predicted octanol–water partition coefficient (Wildman–Crippen LogP) is 5.16. The van der Waals surface area contributed by atoms with Crippen molar-refractivity contribution >= 4 is 11.9 Å². The summed E-state index contributed by atoms with van der Waals surface area (Å²) in [6.07, 6.45) is 6.60. The van der Waals surface area contributed by atoms with Gasteiger partial charge in [0.05, 0.1) is 24.2 Å². The maximum Gasteiger partial charge on any atom is 0.338 e. The third kappa shape index (κ3) is 3.07. The number of aliphatic hydroxyl groups excluding tert-OH is 1. The summed E-state index contributed by atoms with van der Waals surface area (Å²) in [7, 11) is 1.47. The molecule has 4 aliphatic rings. The number of rotatable bonds is 3. The molecule has 1 aromatic rings. The largest absolute Gasteiger partial charge is 0.469 e. The number of ether oxygens (including phenoxy) is 2. The minimum atomic E-state index is -0.696. The van der Waals surface area contributed by atoms with Crippen molar-refractivity contribution in [2.45, 2.75) is 84.3 Å². The van der Waals surface area contributed by atoms with E-state index < -0.39 is 5.41 Å². The molecular weight excluding hydrogens is 416 g/mol. The van der Waals surface area contributed by atoms with Crippen LogP contribution in [0.5, 0.6) is 0 Å². The Hall–Kier alpha value is -1.88. The standard InChI is InChI=1S/C28H38O5/c1-25-13-14-28(17-25)19(16-21(25)29)15-20(33-23(30)18-9-6-5-7-10-18)22-26(2,24(31)32-4)11-8-12-27(22,28)3/h5-7,9-10,19-22,29H,8,11-17H2,1-4H3/t19?,20-,21+,22+,25-,26-,27+,28+/m1/s1. The number of esters is 2. The average Bonchev–Trinajstić information content (AvgIpc) is 3.13. The zero-order valence-electron chi connectivity index (χ0n) is 20.4. The van der Waals surface area contributed by atoms with Crippen molar-refractivity contribution in [3.05, 3.63) is 35.9 Å². The summed E-state index contributed by atoms with van der Waals surface area (Å²) in [5, 5.41) is 11.1. The molecule has 1 spiro atoms. The summed E-state index contributed by atoms with van der Waals surface area (Å²) in [6, 6.07) is 9.12. The fraction of sp³-hybridized carbons (Fsp3) is 0.714. The zero-order valence-corrected chi connectivity index (χ0v) is 20.4. The van der Waals surface area contributed by atoms with Gasteiger partial charge in [-0.2, -0.15) is 0 Å². The fourth-order valence-electron chi connectivity index (χ4n) is 9.08. The molecule has 0 radical (unpaired) electrons. The van der Waals surface area contributed by atoms with E-state index in [0.717, 1.165) is 44.9 Å². The number of methoxy groups -OCH3 is 1. The van der Waals surface area contributed by atoms with Crippen molar-refractivity contribution in [2.75, 3.05) is 7.11 Å². The number of aliphatic hydroxyl groups is 1. The molecule has 1 unspecified atom stereocenters. The van der Waals surface area contributed by atoms with Crippen LogP contribution < -0.4 is 0 Å². The Balaban J connectivity index is 1.59. The molecule has 4 fully saturated rings. The number of carbonyl (C=O) groups excluding carboxylic acids is 2. The molecule has 180 valence electrons. The van der Waals surface area contributed by atoms with Crippen LogP contribution in [0.3, 0.4) is 0 Å². The molecular formula is C28H38O5. The molecule has 0 heterocycles. The second-order valence-electron chi connectivity index (χ2n) is 12.1. The summed E-state index contributed by atoms with van der Waals surface area (Å²) in [6.45, 7) is 6.63. The lowest BCUT2D eigenvalue weighted by Crippen LogP contribution is -2.66. The van der Waals surface area contributed by atoms with Crippen molar-refractivity contribution in [2.24, 2.45) is 33.5 Å². The normalized spacial score (nSPS) is 46.1. The van der Waals surface area contributed by atoms with Gasteiger partial charge in [0.2, 0.25) is 0 Å². The average molecular weight is 455 g/mol. The van der Waals surface area contributed by atoms with E-state index in [-0.39, 0.29) is 52.2 Å². The smallest absolute Gasteiger partial charge is 0.338 e. The lowest BCUT2D eigenvalue weighted by Gasteiger charge is -2.67. The highest BCUT2D eigenvalue weighted by atomic mass is 16.5. The quantitative estimate of drug-likeness (QED) is 0.639. The molecule has 33 heavy (non-hydrogen) atoms. The topological polar surface area (TPSA) is 72.8 Å². The van der Waals surface area contributed by atoms with E-state index in [9.17, 15) is 14.7 Å². The second kappa shape index (κ2) is 7.56. The van der Waals surface area contributed by atoms with Crippen molar-refractivity contribution < 1.29 is 24.2 Å². The van der Waals surface area contributed by atoms with E-state index in [2.05, 4.69) is 13.8 Å². The number of carbonyl (C=O) groups is 2. The first-order valence-electron chi connectivity index (χ1n) is 12.6. The van der Waals surface area contributed by atoms with Crippen LogP contribution in [0.15, 0.2) is 30.3 Å². The molecule has 1 N–H and O–H groups in total. The number of benzene rings is 1. The molecule has 5 nitrogen and oxygen atoms in total. The molecule has 1 aromatic carbocycles. The van der Waals surface area contributed by atoms with E-state index in [0.29, 0.717) is 12.0 Å². The third-order valence-electron chi connectivity index (χ3n) is 10.7. The van der Waals surface area contributed by atoms with Crippen LogP contribution in [0, 0.1) is 33.5 Å². The van der Waals surface area contributed by atoms with Crippen LogP contribution in [0.25, 0.3) is 0 Å². The zero-order chi connectivity index (χ0) is 23.6. The van der Waals surface area contributed by atoms with Crippen molar-refractivity contribution in [1.82, 2.24) is 0 Å². The van der Waals surface area contributed by atoms with E-state index in [1.807, 2.05) is 25.1 Å². The Bertz CT molecular complexity index is 945. The van der Waals surface area contributed by atoms with Gasteiger partial charge in [-0.05, 0) is 86.2 Å². The van der Waals surface area contributed by atoms with Gasteiger partial charge < -0.3 is 14.6 Å². The minimum absolute atomic E-state index is 0.0588. The molecule has 8 atom stereocenters.